The maximum absolute atomic E-state index is 12.9. The second-order valence-corrected chi connectivity index (χ2v) is 13.2. The van der Waals surface area contributed by atoms with Crippen molar-refractivity contribution in [3.8, 4) is 0 Å². The molecule has 2 rings (SSSR count). The number of unbranched alkanes of at least 4 members (excludes halogenated alkanes) is 2. The van der Waals surface area contributed by atoms with Crippen LogP contribution in [0.2, 0.25) is 0 Å². The molecule has 0 spiro atoms. The monoisotopic (exact) mass is 666 g/mol. The molecule has 0 saturated heterocycles. The van der Waals surface area contributed by atoms with Crippen molar-refractivity contribution in [3.63, 3.8) is 0 Å². The molecule has 9 heteroatoms. The Bertz CT molecular complexity index is 1080. The van der Waals surface area contributed by atoms with E-state index in [1.54, 1.807) is 0 Å². The number of alkyl halides is 3. The molecule has 0 aliphatic heterocycles. The maximum atomic E-state index is 12.9. The highest BCUT2D eigenvalue weighted by molar-refractivity contribution is 5.90. The Labute approximate surface area is 280 Å². The zero-order chi connectivity index (χ0) is 35.7. The molecule has 6 nitrogen and oxygen atoms in total. The highest BCUT2D eigenvalue weighted by Crippen LogP contribution is 2.26. The Morgan fingerprint density at radius 1 is 0.681 bits per heavy atom. The molecule has 0 aliphatic rings. The highest BCUT2D eigenvalue weighted by Gasteiger charge is 2.34. The van der Waals surface area contributed by atoms with Crippen molar-refractivity contribution >= 4 is 11.9 Å². The second-order valence-electron chi connectivity index (χ2n) is 13.2. The third-order valence-electron chi connectivity index (χ3n) is 8.29. The first kappa shape index (κ1) is 42.1. The quantitative estimate of drug-likeness (QED) is 0.164. The molecular weight excluding hydrogens is 609 g/mol. The van der Waals surface area contributed by atoms with Crippen molar-refractivity contribution in [3.05, 3.63) is 70.8 Å². The van der Waals surface area contributed by atoms with Gasteiger partial charge in [0.1, 0.15) is 12.2 Å². The van der Waals surface area contributed by atoms with Crippen molar-refractivity contribution < 1.29 is 42.4 Å². The Kier molecular flexibility index (Phi) is 18.9. The average Bonchev–Trinajstić information content (AvgIpc) is 3.01. The number of ether oxygens (including phenoxy) is 2. The first-order valence-corrected chi connectivity index (χ1v) is 17.0. The van der Waals surface area contributed by atoms with Gasteiger partial charge >= 0.3 is 18.1 Å². The van der Waals surface area contributed by atoms with E-state index < -0.39 is 30.7 Å². The number of halogens is 3. The Hall–Kier alpha value is -2.91. The van der Waals surface area contributed by atoms with Crippen molar-refractivity contribution in [1.29, 1.82) is 0 Å². The van der Waals surface area contributed by atoms with Crippen molar-refractivity contribution in [2.75, 3.05) is 0 Å². The molecule has 2 aromatic carbocycles. The SMILES string of the molecule is CC(O)C(C)C(O)CC(F)(F)F.CCCCc1ccc(C(=O)OC(CC(OC(=O)c2ccc(CCCC)cc2)C(C)C)C(C)C)cc1. The van der Waals surface area contributed by atoms with Gasteiger partial charge in [0.25, 0.3) is 0 Å². The van der Waals surface area contributed by atoms with Gasteiger partial charge in [0.2, 0.25) is 0 Å². The number of rotatable bonds is 17. The Balaban J connectivity index is 0.000000779. The van der Waals surface area contributed by atoms with Gasteiger partial charge in [-0.1, -0.05) is 85.6 Å². The molecule has 0 aliphatic carbocycles. The standard InChI is InChI=1S/C31H44O4.C7H13F3O2/c1-7-9-11-24-13-17-26(18-14-24)30(32)34-28(22(3)4)21-29(23(5)6)35-31(33)27-19-15-25(16-20-27)12-10-8-2;1-4(5(2)11)6(12)3-7(8,9)10/h13-20,22-23,28-29H,7-12,21H2,1-6H3;4-6,11-12H,3H2,1-2H3. The summed E-state index contributed by atoms with van der Waals surface area (Å²) in [6.07, 6.45) is -1.72. The van der Waals surface area contributed by atoms with E-state index in [-0.39, 0.29) is 36.0 Å². The van der Waals surface area contributed by atoms with Gasteiger partial charge in [-0.15, -0.1) is 0 Å². The van der Waals surface area contributed by atoms with E-state index in [0.29, 0.717) is 17.5 Å². The molecule has 0 heterocycles. The summed E-state index contributed by atoms with van der Waals surface area (Å²) < 4.78 is 46.9. The minimum Gasteiger partial charge on any atom is -0.458 e. The topological polar surface area (TPSA) is 93.1 Å². The first-order valence-electron chi connectivity index (χ1n) is 17.0. The van der Waals surface area contributed by atoms with Crippen molar-refractivity contribution in [2.24, 2.45) is 17.8 Å². The zero-order valence-electron chi connectivity index (χ0n) is 29.5. The van der Waals surface area contributed by atoms with E-state index in [1.165, 1.54) is 25.0 Å². The lowest BCUT2D eigenvalue weighted by atomic mass is 9.94. The molecule has 5 atom stereocenters. The van der Waals surface area contributed by atoms with Crippen LogP contribution in [0.3, 0.4) is 0 Å². The molecule has 0 bridgehead atoms. The third kappa shape index (κ3) is 16.7. The fourth-order valence-electron chi connectivity index (χ4n) is 4.67. The van der Waals surface area contributed by atoms with Gasteiger partial charge in [0.15, 0.2) is 0 Å². The average molecular weight is 667 g/mol. The first-order chi connectivity index (χ1) is 22.0. The number of hydrogen-bond acceptors (Lipinski definition) is 6. The lowest BCUT2D eigenvalue weighted by Crippen LogP contribution is -2.33. The molecular formula is C38H57F3O6. The van der Waals surface area contributed by atoms with Crippen LogP contribution in [0.15, 0.2) is 48.5 Å². The van der Waals surface area contributed by atoms with E-state index in [9.17, 15) is 22.8 Å². The summed E-state index contributed by atoms with van der Waals surface area (Å²) in [5.41, 5.74) is 3.57. The number of carbonyl (C=O) groups excluding carboxylic acids is 2. The lowest BCUT2D eigenvalue weighted by Gasteiger charge is -2.28. The molecule has 5 unspecified atom stereocenters. The van der Waals surface area contributed by atoms with Crippen LogP contribution in [0, 0.1) is 17.8 Å². The van der Waals surface area contributed by atoms with Crippen LogP contribution in [0.1, 0.15) is 126 Å². The third-order valence-corrected chi connectivity index (χ3v) is 8.29. The number of aliphatic hydroxyl groups is 2. The van der Waals surface area contributed by atoms with Crippen LogP contribution in [0.25, 0.3) is 0 Å². The normalized spacial score (nSPS) is 14.9. The number of benzene rings is 2. The molecule has 266 valence electrons. The van der Waals surface area contributed by atoms with Crippen LogP contribution in [-0.4, -0.2) is 52.7 Å². The molecule has 47 heavy (non-hydrogen) atoms. The van der Waals surface area contributed by atoms with Gasteiger partial charge in [0.05, 0.1) is 29.8 Å². The zero-order valence-corrected chi connectivity index (χ0v) is 29.5. The van der Waals surface area contributed by atoms with Crippen LogP contribution in [0.5, 0.6) is 0 Å². The lowest BCUT2D eigenvalue weighted by molar-refractivity contribution is -0.162. The molecule has 2 aromatic rings. The molecule has 0 saturated carbocycles. The number of hydrogen-bond donors (Lipinski definition) is 2. The predicted molar refractivity (Wildman–Crippen MR) is 180 cm³/mol. The fraction of sp³-hybridized carbons (Fsp3) is 0.632. The van der Waals surface area contributed by atoms with Gasteiger partial charge in [-0.25, -0.2) is 9.59 Å². The largest absolute Gasteiger partial charge is 0.458 e. The summed E-state index contributed by atoms with van der Waals surface area (Å²) in [6, 6.07) is 15.4. The number of carbonyl (C=O) groups is 2. The van der Waals surface area contributed by atoms with E-state index in [0.717, 1.165) is 38.5 Å². The summed E-state index contributed by atoms with van der Waals surface area (Å²) in [5.74, 6) is -1.22. The molecule has 0 fully saturated rings. The van der Waals surface area contributed by atoms with Gasteiger partial charge < -0.3 is 19.7 Å². The fourth-order valence-corrected chi connectivity index (χ4v) is 4.67. The van der Waals surface area contributed by atoms with E-state index in [2.05, 4.69) is 13.8 Å². The van der Waals surface area contributed by atoms with Crippen molar-refractivity contribution in [2.45, 2.75) is 137 Å². The molecule has 0 radical (unpaired) electrons. The van der Waals surface area contributed by atoms with E-state index in [1.807, 2.05) is 76.2 Å². The van der Waals surface area contributed by atoms with Gasteiger partial charge in [-0.3, -0.25) is 0 Å². The van der Waals surface area contributed by atoms with Crippen molar-refractivity contribution in [1.82, 2.24) is 0 Å². The molecule has 2 N–H and O–H groups in total. The number of esters is 2. The van der Waals surface area contributed by atoms with Gasteiger partial charge in [0, 0.05) is 12.3 Å². The van der Waals surface area contributed by atoms with Gasteiger partial charge in [-0.2, -0.15) is 13.2 Å². The number of aryl methyl sites for hydroxylation is 2. The summed E-state index contributed by atoms with van der Waals surface area (Å²) >= 11 is 0. The van der Waals surface area contributed by atoms with Crippen LogP contribution in [-0.2, 0) is 22.3 Å². The smallest absolute Gasteiger partial charge is 0.391 e. The number of aliphatic hydroxyl groups excluding tert-OH is 2. The predicted octanol–water partition coefficient (Wildman–Crippen LogP) is 9.14. The molecule has 0 amide bonds. The maximum Gasteiger partial charge on any atom is 0.391 e. The summed E-state index contributed by atoms with van der Waals surface area (Å²) in [5, 5.41) is 17.8. The van der Waals surface area contributed by atoms with E-state index >= 15 is 0 Å². The second kappa shape index (κ2) is 21.1. The Morgan fingerprint density at radius 3 is 1.32 bits per heavy atom. The van der Waals surface area contributed by atoms with E-state index in [4.69, 9.17) is 19.7 Å². The van der Waals surface area contributed by atoms with Gasteiger partial charge in [-0.05, 0) is 79.8 Å². The summed E-state index contributed by atoms with van der Waals surface area (Å²) in [6.45, 7) is 15.2. The summed E-state index contributed by atoms with van der Waals surface area (Å²) in [7, 11) is 0. The minimum atomic E-state index is -4.37. The Morgan fingerprint density at radius 2 is 1.04 bits per heavy atom. The van der Waals surface area contributed by atoms with Crippen LogP contribution in [0.4, 0.5) is 13.2 Å². The summed E-state index contributed by atoms with van der Waals surface area (Å²) in [4.78, 5) is 25.7. The molecule has 0 aromatic heterocycles. The van der Waals surface area contributed by atoms with Crippen LogP contribution < -0.4 is 0 Å². The highest BCUT2D eigenvalue weighted by atomic mass is 19.4. The van der Waals surface area contributed by atoms with Crippen LogP contribution >= 0.6 is 0 Å². The minimum absolute atomic E-state index is 0.0978.